The summed E-state index contributed by atoms with van der Waals surface area (Å²) < 4.78 is 5.10. The van der Waals surface area contributed by atoms with Gasteiger partial charge in [0, 0.05) is 6.42 Å². The minimum Gasteiger partial charge on any atom is -0.508 e. The van der Waals surface area contributed by atoms with Gasteiger partial charge in [-0.05, 0) is 23.6 Å². The largest absolute Gasteiger partial charge is 0.508 e. The molecule has 0 saturated heterocycles. The molecule has 2 N–H and O–H groups in total. The second kappa shape index (κ2) is 4.33. The molecule has 0 aliphatic heterocycles. The van der Waals surface area contributed by atoms with Crippen LogP contribution in [0.3, 0.4) is 0 Å². The van der Waals surface area contributed by atoms with E-state index in [1.165, 1.54) is 18.2 Å². The summed E-state index contributed by atoms with van der Waals surface area (Å²) in [5.74, 6) is 0.833. The lowest BCUT2D eigenvalue weighted by atomic mass is 9.92. The Hall–Kier alpha value is -2.04. The monoisotopic (exact) mass is 248 g/mol. The minimum atomic E-state index is -0.00115. The molecule has 0 atom stereocenters. The number of aromatic nitrogens is 2. The SMILES string of the molecule is CC(C)(C)Cc1noc(-c2cc(O)ccc2O)n1. The van der Waals surface area contributed by atoms with E-state index >= 15 is 0 Å². The first-order chi connectivity index (χ1) is 8.35. The van der Waals surface area contributed by atoms with E-state index < -0.39 is 0 Å². The van der Waals surface area contributed by atoms with Gasteiger partial charge in [0.2, 0.25) is 0 Å². The average molecular weight is 248 g/mol. The molecule has 0 radical (unpaired) electrons. The van der Waals surface area contributed by atoms with Crippen molar-refractivity contribution in [3.8, 4) is 23.0 Å². The van der Waals surface area contributed by atoms with Gasteiger partial charge in [0.05, 0.1) is 5.56 Å². The first kappa shape index (κ1) is 12.4. The lowest BCUT2D eigenvalue weighted by molar-refractivity contribution is 0.373. The molecule has 0 fully saturated rings. The summed E-state index contributed by atoms with van der Waals surface area (Å²) in [5.41, 5.74) is 0.393. The highest BCUT2D eigenvalue weighted by atomic mass is 16.5. The highest BCUT2D eigenvalue weighted by Gasteiger charge is 2.18. The van der Waals surface area contributed by atoms with Crippen molar-refractivity contribution in [1.82, 2.24) is 10.1 Å². The van der Waals surface area contributed by atoms with Gasteiger partial charge in [0.25, 0.3) is 5.89 Å². The zero-order valence-corrected chi connectivity index (χ0v) is 10.6. The Morgan fingerprint density at radius 3 is 2.61 bits per heavy atom. The molecule has 1 aromatic heterocycles. The van der Waals surface area contributed by atoms with Crippen molar-refractivity contribution >= 4 is 0 Å². The Morgan fingerprint density at radius 2 is 1.94 bits per heavy atom. The molecule has 0 unspecified atom stereocenters. The zero-order chi connectivity index (χ0) is 13.3. The lowest BCUT2D eigenvalue weighted by Gasteiger charge is -2.14. The Balaban J connectivity index is 2.32. The zero-order valence-electron chi connectivity index (χ0n) is 10.6. The molecule has 0 spiro atoms. The van der Waals surface area contributed by atoms with Crippen molar-refractivity contribution in [3.63, 3.8) is 0 Å². The van der Waals surface area contributed by atoms with E-state index in [-0.39, 0.29) is 22.8 Å². The maximum Gasteiger partial charge on any atom is 0.261 e. The number of nitrogens with zero attached hydrogens (tertiary/aromatic N) is 2. The van der Waals surface area contributed by atoms with Gasteiger partial charge in [-0.2, -0.15) is 4.98 Å². The molecule has 96 valence electrons. The van der Waals surface area contributed by atoms with Crippen molar-refractivity contribution in [2.24, 2.45) is 5.41 Å². The summed E-state index contributed by atoms with van der Waals surface area (Å²) in [4.78, 5) is 4.22. The van der Waals surface area contributed by atoms with Gasteiger partial charge < -0.3 is 14.7 Å². The molecule has 0 saturated carbocycles. The lowest BCUT2D eigenvalue weighted by Crippen LogP contribution is -2.10. The number of hydrogen-bond acceptors (Lipinski definition) is 5. The minimum absolute atomic E-state index is 0.00115. The fourth-order valence-corrected chi connectivity index (χ4v) is 1.60. The predicted octanol–water partition coefficient (Wildman–Crippen LogP) is 2.74. The molecular formula is C13H16N2O3. The summed E-state index contributed by atoms with van der Waals surface area (Å²) >= 11 is 0. The van der Waals surface area contributed by atoms with E-state index in [0.717, 1.165) is 0 Å². The summed E-state index contributed by atoms with van der Waals surface area (Å²) in [6, 6.07) is 4.17. The summed E-state index contributed by atoms with van der Waals surface area (Å²) in [5, 5.41) is 23.0. The van der Waals surface area contributed by atoms with Gasteiger partial charge in [-0.1, -0.05) is 25.9 Å². The highest BCUT2D eigenvalue weighted by Crippen LogP contribution is 2.31. The summed E-state index contributed by atoms with van der Waals surface area (Å²) in [7, 11) is 0. The second-order valence-corrected chi connectivity index (χ2v) is 5.45. The number of phenols is 2. The van der Waals surface area contributed by atoms with Crippen LogP contribution < -0.4 is 0 Å². The van der Waals surface area contributed by atoms with E-state index in [9.17, 15) is 10.2 Å². The van der Waals surface area contributed by atoms with Gasteiger partial charge in [0.1, 0.15) is 11.5 Å². The first-order valence-corrected chi connectivity index (χ1v) is 5.70. The normalized spacial score (nSPS) is 11.7. The number of hydrogen-bond donors (Lipinski definition) is 2. The fourth-order valence-electron chi connectivity index (χ4n) is 1.60. The number of phenolic OH excluding ortho intramolecular Hbond substituents is 2. The van der Waals surface area contributed by atoms with Gasteiger partial charge in [0.15, 0.2) is 5.82 Å². The molecule has 5 heteroatoms. The van der Waals surface area contributed by atoms with Crippen LogP contribution in [-0.4, -0.2) is 20.4 Å². The van der Waals surface area contributed by atoms with Crippen LogP contribution in [0.4, 0.5) is 0 Å². The topological polar surface area (TPSA) is 79.4 Å². The van der Waals surface area contributed by atoms with Crippen LogP contribution in [0.5, 0.6) is 11.5 Å². The van der Waals surface area contributed by atoms with Crippen LogP contribution in [0.15, 0.2) is 22.7 Å². The standard InChI is InChI=1S/C13H16N2O3/c1-13(2,3)7-11-14-12(18-15-11)9-6-8(16)4-5-10(9)17/h4-6,16-17H,7H2,1-3H3. The van der Waals surface area contributed by atoms with Crippen LogP contribution in [-0.2, 0) is 6.42 Å². The van der Waals surface area contributed by atoms with Crippen molar-refractivity contribution in [1.29, 1.82) is 0 Å². The molecule has 2 rings (SSSR count). The molecule has 0 amide bonds. The molecule has 0 aliphatic rings. The van der Waals surface area contributed by atoms with Crippen molar-refractivity contribution < 1.29 is 14.7 Å². The smallest absolute Gasteiger partial charge is 0.261 e. The van der Waals surface area contributed by atoms with Crippen LogP contribution >= 0.6 is 0 Å². The number of aromatic hydroxyl groups is 2. The molecular weight excluding hydrogens is 232 g/mol. The molecule has 1 heterocycles. The molecule has 18 heavy (non-hydrogen) atoms. The third-order valence-electron chi connectivity index (χ3n) is 2.37. The maximum atomic E-state index is 9.69. The van der Waals surface area contributed by atoms with E-state index in [1.807, 2.05) is 0 Å². The Morgan fingerprint density at radius 1 is 1.22 bits per heavy atom. The molecule has 0 bridgehead atoms. The first-order valence-electron chi connectivity index (χ1n) is 5.70. The molecule has 0 aliphatic carbocycles. The highest BCUT2D eigenvalue weighted by molar-refractivity contribution is 5.64. The summed E-state index contributed by atoms with van der Waals surface area (Å²) in [6.07, 6.45) is 0.677. The predicted molar refractivity (Wildman–Crippen MR) is 66.2 cm³/mol. The van der Waals surface area contributed by atoms with Gasteiger partial charge in [-0.25, -0.2) is 0 Å². The Kier molecular flexibility index (Phi) is 2.98. The van der Waals surface area contributed by atoms with Gasteiger partial charge in [-0.3, -0.25) is 0 Å². The van der Waals surface area contributed by atoms with Crippen LogP contribution in [0.1, 0.15) is 26.6 Å². The molecule has 1 aromatic carbocycles. The summed E-state index contributed by atoms with van der Waals surface area (Å²) in [6.45, 7) is 6.23. The Bertz CT molecular complexity index is 556. The van der Waals surface area contributed by atoms with Crippen LogP contribution in [0.2, 0.25) is 0 Å². The van der Waals surface area contributed by atoms with E-state index in [1.54, 1.807) is 0 Å². The average Bonchev–Trinajstić information content (AvgIpc) is 2.67. The van der Waals surface area contributed by atoms with Crippen molar-refractivity contribution in [2.45, 2.75) is 27.2 Å². The van der Waals surface area contributed by atoms with Crippen molar-refractivity contribution in [3.05, 3.63) is 24.0 Å². The van der Waals surface area contributed by atoms with E-state index in [4.69, 9.17) is 4.52 Å². The maximum absolute atomic E-state index is 9.69. The fraction of sp³-hybridized carbons (Fsp3) is 0.385. The Labute approximate surface area is 105 Å². The number of benzene rings is 1. The molecule has 5 nitrogen and oxygen atoms in total. The van der Waals surface area contributed by atoms with E-state index in [2.05, 4.69) is 30.9 Å². The van der Waals surface area contributed by atoms with Crippen molar-refractivity contribution in [2.75, 3.05) is 0 Å². The second-order valence-electron chi connectivity index (χ2n) is 5.45. The third-order valence-corrected chi connectivity index (χ3v) is 2.37. The van der Waals surface area contributed by atoms with Crippen LogP contribution in [0, 0.1) is 5.41 Å². The van der Waals surface area contributed by atoms with E-state index in [0.29, 0.717) is 17.8 Å². The molecule has 2 aromatic rings. The third kappa shape index (κ3) is 2.80. The quantitative estimate of drug-likeness (QED) is 0.799. The van der Waals surface area contributed by atoms with Gasteiger partial charge >= 0.3 is 0 Å². The van der Waals surface area contributed by atoms with Crippen LogP contribution in [0.25, 0.3) is 11.5 Å². The number of rotatable bonds is 2. The van der Waals surface area contributed by atoms with Gasteiger partial charge in [-0.15, -0.1) is 0 Å².